The molecule has 2 N–H and O–H groups in total. The summed E-state index contributed by atoms with van der Waals surface area (Å²) in [4.78, 5) is 23.0. The van der Waals surface area contributed by atoms with E-state index in [0.29, 0.717) is 10.7 Å². The van der Waals surface area contributed by atoms with Gasteiger partial charge in [-0.25, -0.2) is 12.8 Å². The fraction of sp³-hybridized carbons (Fsp3) is 0.125. The van der Waals surface area contributed by atoms with Gasteiger partial charge in [0.15, 0.2) is 6.61 Å². The van der Waals surface area contributed by atoms with Crippen LogP contribution >= 0.6 is 11.6 Å². The van der Waals surface area contributed by atoms with Crippen molar-refractivity contribution >= 4 is 39.2 Å². The number of hydrogen-bond donors (Lipinski definition) is 2. The predicted molar refractivity (Wildman–Crippen MR) is 92.6 cm³/mol. The summed E-state index contributed by atoms with van der Waals surface area (Å²) in [5, 5.41) is 2.89. The Labute approximate surface area is 154 Å². The molecule has 1 amide bonds. The van der Waals surface area contributed by atoms with Crippen LogP contribution < -0.4 is 10.0 Å². The van der Waals surface area contributed by atoms with Gasteiger partial charge in [0.25, 0.3) is 5.91 Å². The maximum Gasteiger partial charge on any atom is 0.321 e. The van der Waals surface area contributed by atoms with E-state index in [4.69, 9.17) is 11.6 Å². The van der Waals surface area contributed by atoms with Crippen molar-refractivity contribution in [2.75, 3.05) is 18.5 Å². The van der Waals surface area contributed by atoms with Crippen molar-refractivity contribution in [3.8, 4) is 0 Å². The number of anilines is 1. The van der Waals surface area contributed by atoms with Crippen molar-refractivity contribution < 1.29 is 27.1 Å². The maximum atomic E-state index is 12.8. The van der Waals surface area contributed by atoms with Gasteiger partial charge in [0.1, 0.15) is 12.4 Å². The summed E-state index contributed by atoms with van der Waals surface area (Å²) in [5.41, 5.74) is 0.426. The molecule has 0 bridgehead atoms. The molecule has 0 fully saturated rings. The molecule has 0 saturated carbocycles. The molecule has 0 heterocycles. The smallest absolute Gasteiger partial charge is 0.321 e. The molecule has 0 aliphatic heterocycles. The summed E-state index contributed by atoms with van der Waals surface area (Å²) in [6.45, 7) is -1.27. The van der Waals surface area contributed by atoms with Crippen molar-refractivity contribution in [2.45, 2.75) is 4.90 Å². The number of rotatable bonds is 7. The zero-order chi connectivity index (χ0) is 19.2. The molecule has 0 unspecified atom stereocenters. The van der Waals surface area contributed by atoms with Crippen molar-refractivity contribution in [1.29, 1.82) is 0 Å². The third kappa shape index (κ3) is 6.10. The molecule has 2 rings (SSSR count). The Balaban J connectivity index is 1.79. The first-order chi connectivity index (χ1) is 12.3. The van der Waals surface area contributed by atoms with Crippen LogP contribution in [0.4, 0.5) is 10.1 Å². The van der Waals surface area contributed by atoms with Crippen molar-refractivity contribution in [3.05, 3.63) is 59.4 Å². The van der Waals surface area contributed by atoms with Gasteiger partial charge < -0.3 is 10.1 Å². The number of amides is 1. The molecule has 0 aromatic heterocycles. The molecule has 0 radical (unpaired) electrons. The van der Waals surface area contributed by atoms with E-state index in [1.54, 1.807) is 18.2 Å². The molecule has 0 aliphatic carbocycles. The number of carbonyl (C=O) groups excluding carboxylic acids is 2. The van der Waals surface area contributed by atoms with Gasteiger partial charge in [-0.05, 0) is 42.5 Å². The molecule has 2 aromatic carbocycles. The first-order valence-electron chi connectivity index (χ1n) is 7.22. The molecule has 0 aliphatic rings. The van der Waals surface area contributed by atoms with Gasteiger partial charge in [0.05, 0.1) is 4.90 Å². The molecular weight excluding hydrogens is 387 g/mol. The number of halogens is 2. The minimum Gasteiger partial charge on any atom is -0.455 e. The third-order valence-electron chi connectivity index (χ3n) is 3.00. The van der Waals surface area contributed by atoms with Gasteiger partial charge in [0, 0.05) is 10.7 Å². The summed E-state index contributed by atoms with van der Waals surface area (Å²) in [6.07, 6.45) is 0. The highest BCUT2D eigenvalue weighted by Gasteiger charge is 2.16. The largest absolute Gasteiger partial charge is 0.455 e. The molecule has 7 nitrogen and oxygen atoms in total. The topological polar surface area (TPSA) is 102 Å². The van der Waals surface area contributed by atoms with Crippen LogP contribution in [0.25, 0.3) is 0 Å². The lowest BCUT2D eigenvalue weighted by Crippen LogP contribution is -2.32. The second-order valence-electron chi connectivity index (χ2n) is 5.00. The number of hydrogen-bond acceptors (Lipinski definition) is 5. The Morgan fingerprint density at radius 3 is 2.46 bits per heavy atom. The summed E-state index contributed by atoms with van der Waals surface area (Å²) in [6, 6.07) is 10.4. The first kappa shape index (κ1) is 19.8. The van der Waals surface area contributed by atoms with E-state index in [1.165, 1.54) is 6.07 Å². The van der Waals surface area contributed by atoms with E-state index in [2.05, 4.69) is 10.1 Å². The second kappa shape index (κ2) is 8.75. The van der Waals surface area contributed by atoms with E-state index in [-0.39, 0.29) is 4.90 Å². The molecule has 0 saturated heterocycles. The Kier molecular flexibility index (Phi) is 6.67. The number of nitrogens with one attached hydrogen (secondary N) is 2. The minimum atomic E-state index is -4.00. The van der Waals surface area contributed by atoms with E-state index >= 15 is 0 Å². The van der Waals surface area contributed by atoms with E-state index in [0.717, 1.165) is 24.3 Å². The zero-order valence-corrected chi connectivity index (χ0v) is 14.8. The molecule has 10 heteroatoms. The van der Waals surface area contributed by atoms with Gasteiger partial charge in [-0.1, -0.05) is 17.7 Å². The average molecular weight is 401 g/mol. The lowest BCUT2D eigenvalue weighted by molar-refractivity contribution is -0.146. The zero-order valence-electron chi connectivity index (χ0n) is 13.2. The van der Waals surface area contributed by atoms with Gasteiger partial charge in [-0.15, -0.1) is 0 Å². The summed E-state index contributed by atoms with van der Waals surface area (Å²) in [7, 11) is -4.00. The van der Waals surface area contributed by atoms with Gasteiger partial charge in [-0.2, -0.15) is 4.72 Å². The van der Waals surface area contributed by atoms with Crippen molar-refractivity contribution in [2.24, 2.45) is 0 Å². The number of sulfonamides is 1. The van der Waals surface area contributed by atoms with Crippen LogP contribution in [0.15, 0.2) is 53.4 Å². The van der Waals surface area contributed by atoms with Gasteiger partial charge in [-0.3, -0.25) is 9.59 Å². The normalized spacial score (nSPS) is 11.0. The summed E-state index contributed by atoms with van der Waals surface area (Å²) < 4.78 is 43.3. The highest BCUT2D eigenvalue weighted by Crippen LogP contribution is 2.14. The number of ether oxygens (including phenoxy) is 1. The standard InChI is InChI=1S/C16H14ClFN2O5S/c17-11-2-1-3-13(8-11)20-15(21)10-25-16(22)9-19-26(23,24)14-6-4-12(18)5-7-14/h1-8,19H,9-10H2,(H,20,21). The van der Waals surface area contributed by atoms with E-state index in [9.17, 15) is 22.4 Å². The van der Waals surface area contributed by atoms with Crippen molar-refractivity contribution in [1.82, 2.24) is 4.72 Å². The van der Waals surface area contributed by atoms with Gasteiger partial charge in [0.2, 0.25) is 10.0 Å². The van der Waals surface area contributed by atoms with Gasteiger partial charge >= 0.3 is 5.97 Å². The Hall–Kier alpha value is -2.49. The average Bonchev–Trinajstić information content (AvgIpc) is 2.59. The van der Waals surface area contributed by atoms with Crippen LogP contribution in [-0.2, 0) is 24.3 Å². The quantitative estimate of drug-likeness (QED) is 0.691. The predicted octanol–water partition coefficient (Wildman–Crippen LogP) is 1.94. The second-order valence-corrected chi connectivity index (χ2v) is 7.20. The Morgan fingerprint density at radius 2 is 1.81 bits per heavy atom. The molecule has 0 spiro atoms. The summed E-state index contributed by atoms with van der Waals surface area (Å²) >= 11 is 5.78. The van der Waals surface area contributed by atoms with Crippen molar-refractivity contribution in [3.63, 3.8) is 0 Å². The fourth-order valence-electron chi connectivity index (χ4n) is 1.81. The summed E-state index contributed by atoms with van der Waals surface area (Å²) in [5.74, 6) is -2.15. The van der Waals surface area contributed by atoms with Crippen LogP contribution in [0, 0.1) is 5.82 Å². The minimum absolute atomic E-state index is 0.203. The first-order valence-corrected chi connectivity index (χ1v) is 9.09. The molecule has 0 atom stereocenters. The Bertz CT molecular complexity index is 903. The van der Waals surface area contributed by atoms with E-state index in [1.807, 2.05) is 4.72 Å². The number of benzene rings is 2. The molecule has 2 aromatic rings. The molecule has 138 valence electrons. The van der Waals surface area contributed by atoms with E-state index < -0.39 is 40.9 Å². The lowest BCUT2D eigenvalue weighted by Gasteiger charge is -2.08. The highest BCUT2D eigenvalue weighted by molar-refractivity contribution is 7.89. The van der Waals surface area contributed by atoms with Crippen LogP contribution in [-0.4, -0.2) is 33.4 Å². The fourth-order valence-corrected chi connectivity index (χ4v) is 2.97. The highest BCUT2D eigenvalue weighted by atomic mass is 35.5. The van der Waals surface area contributed by atoms with Crippen LogP contribution in [0.1, 0.15) is 0 Å². The third-order valence-corrected chi connectivity index (χ3v) is 4.66. The SMILES string of the molecule is O=C(COC(=O)CNS(=O)(=O)c1ccc(F)cc1)Nc1cccc(Cl)c1. The molecule has 26 heavy (non-hydrogen) atoms. The Morgan fingerprint density at radius 1 is 1.12 bits per heavy atom. The van der Waals surface area contributed by atoms with Crippen LogP contribution in [0.3, 0.4) is 0 Å². The number of carbonyl (C=O) groups is 2. The van der Waals surface area contributed by atoms with Crippen LogP contribution in [0.2, 0.25) is 5.02 Å². The van der Waals surface area contributed by atoms with Crippen LogP contribution in [0.5, 0.6) is 0 Å². The maximum absolute atomic E-state index is 12.8. The molecular formula is C16H14ClFN2O5S. The lowest BCUT2D eigenvalue weighted by atomic mass is 10.3. The number of esters is 1. The monoisotopic (exact) mass is 400 g/mol.